The number of rotatable bonds is 26. The Morgan fingerprint density at radius 2 is 1.01 bits per heavy atom. The number of nitrogens with one attached hydrogen (secondary N) is 5. The lowest BCUT2D eigenvalue weighted by Gasteiger charge is -2.38. The molecule has 0 spiro atoms. The number of likely N-dealkylation sites (N-methyl/N-ethyl adjacent to an activating group) is 3. The summed E-state index contributed by atoms with van der Waals surface area (Å²) in [7, 11) is 6.66. The molecule has 1 amide bonds. The molecule has 96 heavy (non-hydrogen) atoms. The van der Waals surface area contributed by atoms with Crippen LogP contribution in [0, 0.1) is 11.8 Å². The number of hydrogen-bond acceptors (Lipinski definition) is 16. The van der Waals surface area contributed by atoms with Gasteiger partial charge in [0.2, 0.25) is 16.1 Å². The maximum atomic E-state index is 13.1. The van der Waals surface area contributed by atoms with Crippen LogP contribution in [-0.4, -0.2) is 180 Å². The molecular formula is C75H100N16O4S. The van der Waals surface area contributed by atoms with E-state index in [4.69, 9.17) is 4.42 Å². The highest BCUT2D eigenvalue weighted by molar-refractivity contribution is 7.17. The molecule has 9 unspecified atom stereocenters. The standard InChI is InChI=1S/C26H34N4O2.C25H34N6O.C24H32N6OS/c1-3-4-7-18(12-19-14-27-23-9-6-5-8-22(19)23)13-24(31)25-15-28-26(32-25)30-16-20-10-11-21(17-30)29(20)2;1-3-4-7-17(12-18-14-26-22-9-6-5-8-21(18)22)13-23(32)24-27-25(29-28-24)31-15-19-10-11-20(16-31)30(19)2;1-3-4-7-17(12-16-13-25-21-9-6-5-8-20(16)21)26-22(31)23-27-28-24(32-23)30-14-18-10-11-19(15-30)29(18)2/h5-6,8-9,14-15,18,20-21,27H,3-4,7,10-13,16-17H2,1-2H3;5-6,8-9,14,17,19-20,26H,3-4,7,10-13,15-16H2,1-2H3,(H,27,28,29);5-6,8-9,13,17-19,25H,3-4,7,10-12,14-15H2,1-2H3,(H,26,31). The van der Waals surface area contributed by atoms with Gasteiger partial charge in [0.05, 0.1) is 6.20 Å². The predicted octanol–water partition coefficient (Wildman–Crippen LogP) is 13.1. The summed E-state index contributed by atoms with van der Waals surface area (Å²) in [5, 5.41) is 24.3. The van der Waals surface area contributed by atoms with Crippen molar-refractivity contribution >= 4 is 78.6 Å². The lowest BCUT2D eigenvalue weighted by Crippen LogP contribution is -2.52. The molecule has 510 valence electrons. The average molecular weight is 1320 g/mol. The number of hydrogen-bond donors (Lipinski definition) is 5. The van der Waals surface area contributed by atoms with Gasteiger partial charge in [0.15, 0.2) is 23.2 Å². The molecule has 12 heterocycles. The van der Waals surface area contributed by atoms with Crippen LogP contribution in [-0.2, 0) is 19.3 Å². The van der Waals surface area contributed by atoms with Gasteiger partial charge in [-0.2, -0.15) is 4.98 Å². The van der Waals surface area contributed by atoms with Gasteiger partial charge < -0.3 is 39.4 Å². The molecule has 3 aromatic carbocycles. The molecule has 0 radical (unpaired) electrons. The van der Waals surface area contributed by atoms with Crippen molar-refractivity contribution in [1.29, 1.82) is 0 Å². The van der Waals surface area contributed by atoms with E-state index in [1.165, 1.54) is 82.7 Å². The molecule has 9 atom stereocenters. The zero-order chi connectivity index (χ0) is 66.2. The monoisotopic (exact) mass is 1320 g/mol. The highest BCUT2D eigenvalue weighted by Crippen LogP contribution is 2.36. The predicted molar refractivity (Wildman–Crippen MR) is 384 cm³/mol. The Hall–Kier alpha value is -7.72. The van der Waals surface area contributed by atoms with E-state index in [-0.39, 0.29) is 23.5 Å². The number of aromatic amines is 4. The summed E-state index contributed by atoms with van der Waals surface area (Å²) in [5.41, 5.74) is 7.28. The van der Waals surface area contributed by atoms with Crippen molar-refractivity contribution in [3.8, 4) is 0 Å². The number of ketones is 2. The van der Waals surface area contributed by atoms with Gasteiger partial charge in [0.1, 0.15) is 0 Å². The summed E-state index contributed by atoms with van der Waals surface area (Å²) in [6.07, 6.45) is 28.7. The summed E-state index contributed by atoms with van der Waals surface area (Å²) in [6.45, 7) is 12.3. The number of Topliss-reactive ketones (excluding diaryl/α,β-unsaturated/α-hetero) is 2. The summed E-state index contributed by atoms with van der Waals surface area (Å²) < 4.78 is 6.00. The molecule has 0 saturated carbocycles. The van der Waals surface area contributed by atoms with Gasteiger partial charge in [-0.15, -0.1) is 15.3 Å². The number of anilines is 3. The number of carbonyl (C=O) groups excluding carboxylic acids is 3. The maximum Gasteiger partial charge on any atom is 0.297 e. The van der Waals surface area contributed by atoms with Gasteiger partial charge in [-0.25, -0.2) is 4.98 Å². The van der Waals surface area contributed by atoms with Crippen LogP contribution < -0.4 is 20.0 Å². The summed E-state index contributed by atoms with van der Waals surface area (Å²) >= 11 is 1.42. The highest BCUT2D eigenvalue weighted by atomic mass is 32.1. The molecule has 6 fully saturated rings. The van der Waals surface area contributed by atoms with Crippen LogP contribution in [0.15, 0.2) is 102 Å². The number of para-hydroxylation sites is 3. The van der Waals surface area contributed by atoms with E-state index in [0.29, 0.717) is 89.5 Å². The number of unbranched alkanes of at least 4 members (excludes halogenated alkanes) is 3. The first-order valence-electron chi connectivity index (χ1n) is 36.0. The smallest absolute Gasteiger partial charge is 0.297 e. The van der Waals surface area contributed by atoms with Crippen molar-refractivity contribution in [3.63, 3.8) is 0 Å². The molecule has 0 aliphatic carbocycles. The number of benzene rings is 3. The number of piperazine rings is 3. The Labute approximate surface area is 569 Å². The average Bonchev–Trinajstić information content (AvgIpc) is 1.66. The first kappa shape index (κ1) is 66.9. The molecule has 15 rings (SSSR count). The summed E-state index contributed by atoms with van der Waals surface area (Å²) in [5.74, 6) is 2.14. The van der Waals surface area contributed by atoms with Crippen LogP contribution in [0.25, 0.3) is 32.7 Å². The van der Waals surface area contributed by atoms with Crippen molar-refractivity contribution in [2.45, 2.75) is 191 Å². The van der Waals surface area contributed by atoms with Gasteiger partial charge in [-0.1, -0.05) is 125 Å². The Balaban J connectivity index is 0.000000130. The molecule has 9 aromatic rings. The van der Waals surface area contributed by atoms with Gasteiger partial charge in [-0.3, -0.25) is 34.2 Å². The van der Waals surface area contributed by atoms with E-state index in [2.05, 4.69) is 195 Å². The maximum absolute atomic E-state index is 13.1. The molecule has 6 aromatic heterocycles. The van der Waals surface area contributed by atoms with E-state index < -0.39 is 0 Å². The van der Waals surface area contributed by atoms with Gasteiger partial charge in [0, 0.05) is 146 Å². The highest BCUT2D eigenvalue weighted by Gasteiger charge is 2.42. The molecule has 21 heteroatoms. The molecule has 6 saturated heterocycles. The third-order valence-electron chi connectivity index (χ3n) is 22.1. The third-order valence-corrected chi connectivity index (χ3v) is 23.1. The molecule has 6 aliphatic rings. The second kappa shape index (κ2) is 30.8. The van der Waals surface area contributed by atoms with Gasteiger partial charge in [-0.05, 0) is 145 Å². The van der Waals surface area contributed by atoms with E-state index in [1.54, 1.807) is 6.20 Å². The number of amides is 1. The van der Waals surface area contributed by atoms with E-state index >= 15 is 0 Å². The number of carbonyl (C=O) groups is 3. The molecule has 6 aliphatic heterocycles. The van der Waals surface area contributed by atoms with Crippen molar-refractivity contribution in [1.82, 2.24) is 65.3 Å². The minimum atomic E-state index is -0.105. The number of nitrogens with zero attached hydrogens (tertiary/aromatic N) is 11. The number of fused-ring (bicyclic) bond motifs is 9. The zero-order valence-electron chi connectivity index (χ0n) is 57.3. The number of H-pyrrole nitrogens is 4. The fraction of sp³-hybridized carbons (Fsp3) is 0.547. The third kappa shape index (κ3) is 15.3. The molecular weight excluding hydrogens is 1220 g/mol. The Kier molecular flexibility index (Phi) is 21.4. The second-order valence-corrected chi connectivity index (χ2v) is 29.5. The number of aromatic nitrogens is 9. The minimum Gasteiger partial charge on any atom is -0.420 e. The van der Waals surface area contributed by atoms with Crippen LogP contribution in [0.1, 0.15) is 178 Å². The topological polar surface area (TPSA) is 223 Å². The SMILES string of the molecule is CCCCC(CC(=O)c1cnc(N2CC3CCC(C2)N3C)o1)Cc1c[nH]c2ccccc12.CCCCC(CC(=O)c1nc(N2CC3CCC(C2)N3C)n[nH]1)Cc1c[nH]c2ccccc12.CCCCC(Cc1c[nH]c2ccccc12)NC(=O)c1nnc(N2CC3CCC(C2)N3C)s1. The molecule has 20 nitrogen and oxygen atoms in total. The normalized spacial score (nSPS) is 22.0. The van der Waals surface area contributed by atoms with Crippen LogP contribution in [0.2, 0.25) is 0 Å². The zero-order valence-corrected chi connectivity index (χ0v) is 58.1. The Morgan fingerprint density at radius 1 is 0.562 bits per heavy atom. The first-order chi connectivity index (χ1) is 46.9. The number of oxazole rings is 1. The van der Waals surface area contributed by atoms with Crippen LogP contribution in [0.5, 0.6) is 0 Å². The fourth-order valence-electron chi connectivity index (χ4n) is 16.3. The largest absolute Gasteiger partial charge is 0.420 e. The first-order valence-corrected chi connectivity index (χ1v) is 36.8. The van der Waals surface area contributed by atoms with Crippen molar-refractivity contribution in [2.24, 2.45) is 11.8 Å². The van der Waals surface area contributed by atoms with Gasteiger partial charge >= 0.3 is 0 Å². The van der Waals surface area contributed by atoms with Crippen LogP contribution in [0.3, 0.4) is 0 Å². The summed E-state index contributed by atoms with van der Waals surface area (Å²) in [4.78, 5) is 72.8. The van der Waals surface area contributed by atoms with E-state index in [9.17, 15) is 14.4 Å². The van der Waals surface area contributed by atoms with Crippen molar-refractivity contribution in [3.05, 3.63) is 131 Å². The fourth-order valence-corrected chi connectivity index (χ4v) is 17.0. The Bertz CT molecular complexity index is 3580. The Morgan fingerprint density at radius 3 is 1.51 bits per heavy atom. The van der Waals surface area contributed by atoms with Gasteiger partial charge in [0.25, 0.3) is 11.9 Å². The lowest BCUT2D eigenvalue weighted by atomic mass is 9.89. The quantitative estimate of drug-likeness (QED) is 0.0318. The van der Waals surface area contributed by atoms with E-state index in [1.807, 2.05) is 18.2 Å². The lowest BCUT2D eigenvalue weighted by molar-refractivity contribution is 0.0924. The van der Waals surface area contributed by atoms with Crippen LogP contribution in [0.4, 0.5) is 17.1 Å². The molecule has 5 N–H and O–H groups in total. The second-order valence-electron chi connectivity index (χ2n) is 28.5. The van der Waals surface area contributed by atoms with E-state index in [0.717, 1.165) is 138 Å². The molecule has 6 bridgehead atoms. The van der Waals surface area contributed by atoms with Crippen molar-refractivity contribution in [2.75, 3.05) is 75.1 Å². The minimum absolute atomic E-state index is 0.0711. The summed E-state index contributed by atoms with van der Waals surface area (Å²) in [6, 6.07) is 29.2. The van der Waals surface area contributed by atoms with Crippen molar-refractivity contribution < 1.29 is 18.8 Å². The van der Waals surface area contributed by atoms with Crippen LogP contribution >= 0.6 is 11.3 Å².